The molecule has 0 bridgehead atoms. The summed E-state index contributed by atoms with van der Waals surface area (Å²) in [7, 11) is 3.38. The standard InChI is InChI=1S/C27H34N6O4/c1-32(2)25(34)18-36-22-16-28-27(29-17-22)30-20-7-9-21(10-8-20)37-26-23-6-4-3-5-19(23)15-24(31-26)33-11-13-35-14-12-33/h3-6,15-17,20-21H,7-14,18H2,1-2H3,(H,28,29,30)/t20-,21+. The van der Waals surface area contributed by atoms with Gasteiger partial charge in [-0.15, -0.1) is 0 Å². The lowest BCUT2D eigenvalue weighted by atomic mass is 9.93. The average Bonchev–Trinajstić information content (AvgIpc) is 2.94. The normalized spacial score (nSPS) is 19.9. The van der Waals surface area contributed by atoms with E-state index in [1.165, 1.54) is 4.90 Å². The Balaban J connectivity index is 1.16. The minimum Gasteiger partial charge on any atom is -0.481 e. The lowest BCUT2D eigenvalue weighted by Gasteiger charge is -2.31. The number of carbonyl (C=O) groups excluding carboxylic acids is 1. The maximum atomic E-state index is 11.7. The van der Waals surface area contributed by atoms with E-state index in [1.54, 1.807) is 26.5 Å². The number of amides is 1. The number of fused-ring (bicyclic) bond motifs is 1. The number of pyridine rings is 1. The van der Waals surface area contributed by atoms with E-state index >= 15 is 0 Å². The summed E-state index contributed by atoms with van der Waals surface area (Å²) in [5.74, 6) is 2.57. The lowest BCUT2D eigenvalue weighted by Crippen LogP contribution is -2.37. The van der Waals surface area contributed by atoms with Gasteiger partial charge in [-0.1, -0.05) is 18.2 Å². The lowest BCUT2D eigenvalue weighted by molar-refractivity contribution is -0.130. The van der Waals surface area contributed by atoms with Gasteiger partial charge >= 0.3 is 0 Å². The summed E-state index contributed by atoms with van der Waals surface area (Å²) < 4.78 is 17.5. The number of rotatable bonds is 8. The van der Waals surface area contributed by atoms with Crippen LogP contribution in [0.1, 0.15) is 25.7 Å². The molecule has 1 aliphatic heterocycles. The van der Waals surface area contributed by atoms with E-state index in [0.29, 0.717) is 17.6 Å². The van der Waals surface area contributed by atoms with Crippen LogP contribution in [0.3, 0.4) is 0 Å². The van der Waals surface area contributed by atoms with Crippen molar-refractivity contribution in [3.63, 3.8) is 0 Å². The smallest absolute Gasteiger partial charge is 0.259 e. The topological polar surface area (TPSA) is 102 Å². The Kier molecular flexibility index (Phi) is 7.84. The minimum absolute atomic E-state index is 0.0351. The van der Waals surface area contributed by atoms with E-state index in [9.17, 15) is 4.79 Å². The largest absolute Gasteiger partial charge is 0.481 e. The van der Waals surface area contributed by atoms with Gasteiger partial charge < -0.3 is 29.3 Å². The van der Waals surface area contributed by atoms with E-state index in [2.05, 4.69) is 44.5 Å². The average molecular weight is 507 g/mol. The molecule has 37 heavy (non-hydrogen) atoms. The van der Waals surface area contributed by atoms with Crippen LogP contribution in [0.5, 0.6) is 11.6 Å². The summed E-state index contributed by atoms with van der Waals surface area (Å²) in [5, 5.41) is 5.60. The summed E-state index contributed by atoms with van der Waals surface area (Å²) in [6, 6.07) is 10.7. The van der Waals surface area contributed by atoms with Crippen molar-refractivity contribution < 1.29 is 19.0 Å². The summed E-state index contributed by atoms with van der Waals surface area (Å²) in [5.41, 5.74) is 0. The Bertz CT molecular complexity index is 1190. The van der Waals surface area contributed by atoms with Gasteiger partial charge in [0, 0.05) is 38.6 Å². The quantitative estimate of drug-likeness (QED) is 0.494. The molecule has 1 N–H and O–H groups in total. The predicted molar refractivity (Wildman–Crippen MR) is 141 cm³/mol. The number of carbonyl (C=O) groups is 1. The molecular weight excluding hydrogens is 472 g/mol. The number of nitrogens with zero attached hydrogens (tertiary/aromatic N) is 5. The van der Waals surface area contributed by atoms with Crippen molar-refractivity contribution in [2.24, 2.45) is 0 Å². The molecule has 0 unspecified atom stereocenters. The SMILES string of the molecule is CN(C)C(=O)COc1cnc(N[C@H]2CC[C@@H](Oc3nc(N4CCOCC4)cc4ccccc34)CC2)nc1. The first-order valence-electron chi connectivity index (χ1n) is 12.9. The zero-order valence-electron chi connectivity index (χ0n) is 21.4. The first kappa shape index (κ1) is 25.0. The maximum absolute atomic E-state index is 11.7. The highest BCUT2D eigenvalue weighted by Gasteiger charge is 2.25. The molecule has 1 saturated carbocycles. The highest BCUT2D eigenvalue weighted by molar-refractivity contribution is 5.89. The van der Waals surface area contributed by atoms with Crippen molar-refractivity contribution in [3.8, 4) is 11.6 Å². The molecule has 10 nitrogen and oxygen atoms in total. The molecule has 0 atom stereocenters. The van der Waals surface area contributed by atoms with E-state index in [4.69, 9.17) is 19.2 Å². The number of anilines is 2. The summed E-state index contributed by atoms with van der Waals surface area (Å²) in [6.45, 7) is 3.08. The van der Waals surface area contributed by atoms with Crippen LogP contribution >= 0.6 is 0 Å². The van der Waals surface area contributed by atoms with Crippen LogP contribution in [0.15, 0.2) is 42.7 Å². The fourth-order valence-electron chi connectivity index (χ4n) is 4.60. The molecule has 1 aromatic carbocycles. The number of morpholine rings is 1. The number of ether oxygens (including phenoxy) is 3. The molecule has 1 saturated heterocycles. The third-order valence-corrected chi connectivity index (χ3v) is 6.80. The second-order valence-corrected chi connectivity index (χ2v) is 9.66. The fraction of sp³-hybridized carbons (Fsp3) is 0.481. The second-order valence-electron chi connectivity index (χ2n) is 9.66. The molecule has 3 heterocycles. The van der Waals surface area contributed by atoms with Crippen LogP contribution in [0.25, 0.3) is 10.8 Å². The molecule has 0 spiro atoms. The molecule has 5 rings (SSSR count). The Morgan fingerprint density at radius 1 is 1.11 bits per heavy atom. The van der Waals surface area contributed by atoms with Crippen LogP contribution in [-0.4, -0.2) is 84.9 Å². The predicted octanol–water partition coefficient (Wildman–Crippen LogP) is 3.13. The number of hydrogen-bond donors (Lipinski definition) is 1. The molecule has 0 radical (unpaired) electrons. The molecule has 3 aromatic rings. The highest BCUT2D eigenvalue weighted by atomic mass is 16.5. The molecule has 196 valence electrons. The Hall–Kier alpha value is -3.66. The fourth-order valence-corrected chi connectivity index (χ4v) is 4.60. The van der Waals surface area contributed by atoms with Crippen molar-refractivity contribution >= 4 is 28.4 Å². The summed E-state index contributed by atoms with van der Waals surface area (Å²) in [6.07, 6.45) is 7.03. The number of likely N-dealkylation sites (N-methyl/N-ethyl adjacent to an activating group) is 1. The van der Waals surface area contributed by atoms with Gasteiger partial charge in [0.25, 0.3) is 5.91 Å². The van der Waals surface area contributed by atoms with Gasteiger partial charge in [-0.2, -0.15) is 4.98 Å². The number of benzene rings is 1. The summed E-state index contributed by atoms with van der Waals surface area (Å²) >= 11 is 0. The van der Waals surface area contributed by atoms with Gasteiger partial charge in [0.2, 0.25) is 11.8 Å². The van der Waals surface area contributed by atoms with Crippen LogP contribution in [0.4, 0.5) is 11.8 Å². The molecule has 1 amide bonds. The highest BCUT2D eigenvalue weighted by Crippen LogP contribution is 2.32. The van der Waals surface area contributed by atoms with Gasteiger partial charge in [0.05, 0.1) is 25.6 Å². The van der Waals surface area contributed by atoms with Gasteiger partial charge in [-0.05, 0) is 43.2 Å². The molecule has 2 fully saturated rings. The number of aromatic nitrogens is 3. The van der Waals surface area contributed by atoms with E-state index in [1.807, 2.05) is 6.07 Å². The molecule has 2 aromatic heterocycles. The van der Waals surface area contributed by atoms with E-state index in [0.717, 1.165) is 68.6 Å². The van der Waals surface area contributed by atoms with Gasteiger partial charge in [-0.3, -0.25) is 4.79 Å². The second kappa shape index (κ2) is 11.6. The van der Waals surface area contributed by atoms with Gasteiger partial charge in [-0.25, -0.2) is 9.97 Å². The zero-order valence-corrected chi connectivity index (χ0v) is 21.4. The van der Waals surface area contributed by atoms with Crippen LogP contribution in [-0.2, 0) is 9.53 Å². The van der Waals surface area contributed by atoms with Crippen molar-refractivity contribution in [2.45, 2.75) is 37.8 Å². The van der Waals surface area contributed by atoms with Crippen LogP contribution < -0.4 is 19.7 Å². The van der Waals surface area contributed by atoms with E-state index < -0.39 is 0 Å². The third kappa shape index (κ3) is 6.37. The summed E-state index contributed by atoms with van der Waals surface area (Å²) in [4.78, 5) is 29.0. The number of nitrogens with one attached hydrogen (secondary N) is 1. The van der Waals surface area contributed by atoms with Crippen molar-refractivity contribution in [3.05, 3.63) is 42.7 Å². The van der Waals surface area contributed by atoms with Crippen molar-refractivity contribution in [1.29, 1.82) is 0 Å². The van der Waals surface area contributed by atoms with Crippen molar-refractivity contribution in [2.75, 3.05) is 57.2 Å². The molecule has 1 aliphatic carbocycles. The van der Waals surface area contributed by atoms with Crippen molar-refractivity contribution in [1.82, 2.24) is 19.9 Å². The first-order chi connectivity index (χ1) is 18.0. The Morgan fingerprint density at radius 3 is 2.57 bits per heavy atom. The Labute approximate surface area is 216 Å². The minimum atomic E-state index is -0.114. The van der Waals surface area contributed by atoms with Gasteiger partial charge in [0.15, 0.2) is 12.4 Å². The van der Waals surface area contributed by atoms with Crippen LogP contribution in [0, 0.1) is 0 Å². The monoisotopic (exact) mass is 506 g/mol. The van der Waals surface area contributed by atoms with Gasteiger partial charge in [0.1, 0.15) is 11.9 Å². The first-order valence-corrected chi connectivity index (χ1v) is 12.9. The molecule has 10 heteroatoms. The van der Waals surface area contributed by atoms with E-state index in [-0.39, 0.29) is 24.7 Å². The maximum Gasteiger partial charge on any atom is 0.259 e. The third-order valence-electron chi connectivity index (χ3n) is 6.80. The van der Waals surface area contributed by atoms with Crippen LogP contribution in [0.2, 0.25) is 0 Å². The Morgan fingerprint density at radius 2 is 1.84 bits per heavy atom. The molecule has 2 aliphatic rings. The zero-order chi connectivity index (χ0) is 25.6. The molecular formula is C27H34N6O4. The number of hydrogen-bond acceptors (Lipinski definition) is 9.